The van der Waals surface area contributed by atoms with E-state index in [1.807, 2.05) is 0 Å². The van der Waals surface area contributed by atoms with Crippen LogP contribution >= 0.6 is 0 Å². The van der Waals surface area contributed by atoms with E-state index >= 15 is 0 Å². The molecule has 14 heteroatoms. The highest BCUT2D eigenvalue weighted by Crippen LogP contribution is 2.29. The maximum Gasteiger partial charge on any atom is 0.471 e. The Hall–Kier alpha value is -4.10. The Kier molecular flexibility index (Phi) is 5.85. The molecule has 156 valence electrons. The number of nitrogens with one attached hydrogen (secondary N) is 1. The lowest BCUT2D eigenvalue weighted by Crippen LogP contribution is -2.15. The highest BCUT2D eigenvalue weighted by molar-refractivity contribution is 5.89. The van der Waals surface area contributed by atoms with Crippen LogP contribution in [0.5, 0.6) is 0 Å². The largest absolute Gasteiger partial charge is 0.471 e. The van der Waals surface area contributed by atoms with Crippen molar-refractivity contribution < 1.29 is 36.8 Å². The lowest BCUT2D eigenvalue weighted by atomic mass is 10.2. The minimum atomic E-state index is -4.77. The maximum atomic E-state index is 12.5. The van der Waals surface area contributed by atoms with Crippen LogP contribution in [0.15, 0.2) is 35.4 Å². The molecule has 3 aromatic heterocycles. The van der Waals surface area contributed by atoms with Gasteiger partial charge < -0.3 is 14.0 Å². The van der Waals surface area contributed by atoms with Crippen LogP contribution in [0.25, 0.3) is 11.4 Å². The molecule has 3 heterocycles. The van der Waals surface area contributed by atoms with E-state index < -0.39 is 24.1 Å². The van der Waals surface area contributed by atoms with Gasteiger partial charge in [-0.1, -0.05) is 5.16 Å². The Labute approximate surface area is 165 Å². The van der Waals surface area contributed by atoms with Crippen molar-refractivity contribution in [1.29, 1.82) is 0 Å². The van der Waals surface area contributed by atoms with Crippen molar-refractivity contribution in [1.82, 2.24) is 25.1 Å². The molecule has 11 nitrogen and oxygen atoms in total. The molecule has 0 aromatic carbocycles. The van der Waals surface area contributed by atoms with E-state index in [0.29, 0.717) is 5.56 Å². The lowest BCUT2D eigenvalue weighted by Gasteiger charge is -2.07. The van der Waals surface area contributed by atoms with Gasteiger partial charge in [0.2, 0.25) is 11.8 Å². The Morgan fingerprint density at radius 1 is 1.17 bits per heavy atom. The molecule has 0 saturated heterocycles. The first kappa shape index (κ1) is 20.6. The number of aromatic nitrogens is 5. The molecule has 0 aliphatic carbocycles. The smallest absolute Gasteiger partial charge is 0.465 e. The number of anilines is 1. The van der Waals surface area contributed by atoms with Crippen molar-refractivity contribution >= 4 is 18.0 Å². The van der Waals surface area contributed by atoms with E-state index in [-0.39, 0.29) is 29.5 Å². The molecule has 0 bridgehead atoms. The molecule has 0 saturated carbocycles. The molecule has 1 amide bonds. The fraction of sp³-hybridized carbons (Fsp3) is 0.188. The summed E-state index contributed by atoms with van der Waals surface area (Å²) in [6.45, 7) is -0.204. The number of rotatable bonds is 5. The number of hydrogen-bond donors (Lipinski definition) is 1. The number of pyridine rings is 1. The van der Waals surface area contributed by atoms with Gasteiger partial charge in [-0.25, -0.2) is 19.6 Å². The Morgan fingerprint density at radius 2 is 1.90 bits per heavy atom. The molecule has 3 rings (SSSR count). The monoisotopic (exact) mass is 424 g/mol. The third-order valence-corrected chi connectivity index (χ3v) is 3.38. The van der Waals surface area contributed by atoms with Gasteiger partial charge in [0.05, 0.1) is 18.2 Å². The van der Waals surface area contributed by atoms with Gasteiger partial charge in [0, 0.05) is 30.4 Å². The summed E-state index contributed by atoms with van der Waals surface area (Å²) in [5, 5.41) is 5.42. The van der Waals surface area contributed by atoms with Crippen LogP contribution in [-0.2, 0) is 22.3 Å². The van der Waals surface area contributed by atoms with Gasteiger partial charge in [0.25, 0.3) is 0 Å². The first-order valence-electron chi connectivity index (χ1n) is 7.95. The summed E-state index contributed by atoms with van der Waals surface area (Å²) in [5.41, 5.74) is 0.661. The molecule has 0 aliphatic rings. The molecule has 1 N–H and O–H groups in total. The number of carbonyl (C=O) groups excluding carboxylic acids is 2. The van der Waals surface area contributed by atoms with Crippen LogP contribution in [0.4, 0.5) is 23.9 Å². The lowest BCUT2D eigenvalue weighted by molar-refractivity contribution is -0.159. The second-order valence-corrected chi connectivity index (χ2v) is 5.49. The molecule has 0 spiro atoms. The number of nitrogens with zero attached hydrogens (tertiary/aromatic N) is 5. The molecule has 0 atom stereocenters. The zero-order valence-corrected chi connectivity index (χ0v) is 15.0. The SMILES string of the molecule is COC(=O)c1cncc(COC(=O)Nc2ncc(-c3noc(C(F)(F)F)n3)cn2)c1. The summed E-state index contributed by atoms with van der Waals surface area (Å²) in [4.78, 5) is 37.9. The normalized spacial score (nSPS) is 11.1. The first-order chi connectivity index (χ1) is 14.3. The summed E-state index contributed by atoms with van der Waals surface area (Å²) < 4.78 is 51.1. The van der Waals surface area contributed by atoms with Gasteiger partial charge >= 0.3 is 24.1 Å². The number of amides is 1. The molecule has 0 aliphatic heterocycles. The fourth-order valence-corrected chi connectivity index (χ4v) is 2.04. The fourth-order valence-electron chi connectivity index (χ4n) is 2.04. The average Bonchev–Trinajstić information content (AvgIpc) is 3.23. The number of esters is 1. The summed E-state index contributed by atoms with van der Waals surface area (Å²) in [6.07, 6.45) is -0.805. The highest BCUT2D eigenvalue weighted by Gasteiger charge is 2.38. The zero-order chi connectivity index (χ0) is 21.7. The van der Waals surface area contributed by atoms with Crippen molar-refractivity contribution in [3.05, 3.63) is 47.9 Å². The maximum absolute atomic E-state index is 12.5. The van der Waals surface area contributed by atoms with Crippen molar-refractivity contribution in [2.24, 2.45) is 0 Å². The Balaban J connectivity index is 1.57. The van der Waals surface area contributed by atoms with Gasteiger partial charge in [0.1, 0.15) is 6.61 Å². The van der Waals surface area contributed by atoms with Crippen LogP contribution < -0.4 is 5.32 Å². The number of halogens is 3. The van der Waals surface area contributed by atoms with E-state index in [9.17, 15) is 22.8 Å². The zero-order valence-electron chi connectivity index (χ0n) is 15.0. The molecule has 0 unspecified atom stereocenters. The van der Waals surface area contributed by atoms with Crippen LogP contribution in [0.1, 0.15) is 21.8 Å². The van der Waals surface area contributed by atoms with E-state index in [4.69, 9.17) is 4.74 Å². The molecule has 3 aromatic rings. The van der Waals surface area contributed by atoms with Gasteiger partial charge in [-0.3, -0.25) is 10.3 Å². The van der Waals surface area contributed by atoms with Crippen LogP contribution in [-0.4, -0.2) is 44.3 Å². The van der Waals surface area contributed by atoms with Crippen molar-refractivity contribution in [2.45, 2.75) is 12.8 Å². The van der Waals surface area contributed by atoms with Crippen molar-refractivity contribution in [3.8, 4) is 11.4 Å². The third kappa shape index (κ3) is 5.03. The second-order valence-electron chi connectivity index (χ2n) is 5.49. The van der Waals surface area contributed by atoms with Crippen LogP contribution in [0.3, 0.4) is 0 Å². The number of hydrogen-bond acceptors (Lipinski definition) is 10. The topological polar surface area (TPSA) is 142 Å². The highest BCUT2D eigenvalue weighted by atomic mass is 19.4. The minimum Gasteiger partial charge on any atom is -0.465 e. The van der Waals surface area contributed by atoms with Gasteiger partial charge in [-0.15, -0.1) is 0 Å². The minimum absolute atomic E-state index is 0.0406. The summed E-state index contributed by atoms with van der Waals surface area (Å²) >= 11 is 0. The van der Waals surface area contributed by atoms with Gasteiger partial charge in [-0.05, 0) is 6.07 Å². The summed E-state index contributed by atoms with van der Waals surface area (Å²) in [7, 11) is 1.22. The quantitative estimate of drug-likeness (QED) is 0.607. The molecular formula is C16H11F3N6O5. The van der Waals surface area contributed by atoms with Crippen LogP contribution in [0.2, 0.25) is 0 Å². The van der Waals surface area contributed by atoms with Gasteiger partial charge in [-0.2, -0.15) is 18.2 Å². The van der Waals surface area contributed by atoms with Gasteiger partial charge in [0.15, 0.2) is 0 Å². The summed E-state index contributed by atoms with van der Waals surface area (Å²) in [6, 6.07) is 1.44. The molecular weight excluding hydrogens is 413 g/mol. The van der Waals surface area contributed by atoms with Crippen LogP contribution in [0, 0.1) is 0 Å². The average molecular weight is 424 g/mol. The van der Waals surface area contributed by atoms with E-state index in [1.54, 1.807) is 0 Å². The van der Waals surface area contributed by atoms with E-state index in [1.165, 1.54) is 25.6 Å². The van der Waals surface area contributed by atoms with E-state index in [0.717, 1.165) is 12.4 Å². The second kappa shape index (κ2) is 8.50. The van der Waals surface area contributed by atoms with E-state index in [2.05, 4.69) is 39.7 Å². The third-order valence-electron chi connectivity index (χ3n) is 3.38. The van der Waals surface area contributed by atoms with Crippen molar-refractivity contribution in [3.63, 3.8) is 0 Å². The Bertz CT molecular complexity index is 1050. The molecule has 0 fully saturated rings. The standard InChI is InChI=1S/C16H11F3N6O5/c1-28-12(26)9-2-8(3-20-4-9)7-29-15(27)24-14-21-5-10(6-22-14)11-23-13(30-25-11)16(17,18)19/h2-6H,7H2,1H3,(H,21,22,24,27). The first-order valence-corrected chi connectivity index (χ1v) is 7.95. The number of ether oxygens (including phenoxy) is 2. The Morgan fingerprint density at radius 3 is 2.53 bits per heavy atom. The molecule has 0 radical (unpaired) electrons. The number of carbonyl (C=O) groups is 2. The molecule has 30 heavy (non-hydrogen) atoms. The number of alkyl halides is 3. The predicted molar refractivity (Wildman–Crippen MR) is 89.7 cm³/mol. The summed E-state index contributed by atoms with van der Waals surface area (Å²) in [5.74, 6) is -2.64. The predicted octanol–water partition coefficient (Wildman–Crippen LogP) is 2.48. The van der Waals surface area contributed by atoms with Crippen molar-refractivity contribution in [2.75, 3.05) is 12.4 Å². The number of methoxy groups -OCH3 is 1.